The number of hydrogen-bond donors (Lipinski definition) is 3. The number of amides is 2. The van der Waals surface area contributed by atoms with Crippen molar-refractivity contribution in [2.45, 2.75) is 26.1 Å². The number of pyridine rings is 1. The van der Waals surface area contributed by atoms with E-state index in [1.807, 2.05) is 36.4 Å². The van der Waals surface area contributed by atoms with Crippen LogP contribution in [-0.2, 0) is 22.6 Å². The van der Waals surface area contributed by atoms with Gasteiger partial charge in [0.15, 0.2) is 0 Å². The van der Waals surface area contributed by atoms with E-state index in [9.17, 15) is 14.0 Å². The molecule has 176 valence electrons. The summed E-state index contributed by atoms with van der Waals surface area (Å²) in [6.45, 7) is 3.08. The second kappa shape index (κ2) is 10.3. The summed E-state index contributed by atoms with van der Waals surface area (Å²) in [7, 11) is 0. The minimum Gasteiger partial charge on any atom is -0.442 e. The fourth-order valence-corrected chi connectivity index (χ4v) is 3.75. The fourth-order valence-electron chi connectivity index (χ4n) is 3.75. The van der Waals surface area contributed by atoms with E-state index in [2.05, 4.69) is 15.6 Å². The Morgan fingerprint density at radius 2 is 2.00 bits per heavy atom. The number of cyclic esters (lactones) is 1. The Morgan fingerprint density at radius 1 is 1.21 bits per heavy atom. The highest BCUT2D eigenvalue weighted by molar-refractivity contribution is 5.90. The standard InChI is InChI=1S/C25H26FN5O3/c1-16(32)30-14-21-15-31(25(33)34-21)20-8-9-22(23(26)11-20)18-6-4-17(5-7-18)12-28-13-19-3-2-10-29-24(19)27/h2-11,21,28H,12-15H2,1H3,(H2,27,29)(H,30,32)/t21-/m0/s1. The predicted molar refractivity (Wildman–Crippen MR) is 127 cm³/mol. The summed E-state index contributed by atoms with van der Waals surface area (Å²) in [5, 5.41) is 5.94. The molecule has 9 heteroatoms. The van der Waals surface area contributed by atoms with Gasteiger partial charge in [-0.25, -0.2) is 14.2 Å². The molecule has 0 aliphatic carbocycles. The van der Waals surface area contributed by atoms with Crippen molar-refractivity contribution in [3.63, 3.8) is 0 Å². The summed E-state index contributed by atoms with van der Waals surface area (Å²) in [5.74, 6) is -0.131. The van der Waals surface area contributed by atoms with E-state index in [4.69, 9.17) is 10.5 Å². The van der Waals surface area contributed by atoms with Gasteiger partial charge in [0, 0.05) is 37.3 Å². The highest BCUT2D eigenvalue weighted by Gasteiger charge is 2.32. The lowest BCUT2D eigenvalue weighted by Crippen LogP contribution is -2.33. The zero-order valence-corrected chi connectivity index (χ0v) is 18.8. The van der Waals surface area contributed by atoms with Crippen molar-refractivity contribution >= 4 is 23.5 Å². The molecule has 0 unspecified atom stereocenters. The van der Waals surface area contributed by atoms with E-state index >= 15 is 0 Å². The number of nitrogens with two attached hydrogens (primary N) is 1. The summed E-state index contributed by atoms with van der Waals surface area (Å²) in [5.41, 5.74) is 9.42. The van der Waals surface area contributed by atoms with Crippen molar-refractivity contribution in [2.75, 3.05) is 23.7 Å². The van der Waals surface area contributed by atoms with E-state index < -0.39 is 18.0 Å². The first-order chi connectivity index (χ1) is 16.4. The van der Waals surface area contributed by atoms with E-state index in [1.165, 1.54) is 17.9 Å². The van der Waals surface area contributed by atoms with Gasteiger partial charge in [-0.2, -0.15) is 0 Å². The molecule has 4 rings (SSSR count). The second-order valence-corrected chi connectivity index (χ2v) is 8.07. The number of carbonyl (C=O) groups excluding carboxylic acids is 2. The van der Waals surface area contributed by atoms with Gasteiger partial charge in [0.05, 0.1) is 18.8 Å². The molecule has 2 aromatic carbocycles. The first kappa shape index (κ1) is 23.2. The minimum atomic E-state index is -0.563. The zero-order chi connectivity index (χ0) is 24.1. The third-order valence-electron chi connectivity index (χ3n) is 5.55. The van der Waals surface area contributed by atoms with Gasteiger partial charge in [-0.05, 0) is 35.4 Å². The van der Waals surface area contributed by atoms with Crippen LogP contribution in [0, 0.1) is 5.82 Å². The number of anilines is 2. The molecule has 4 N–H and O–H groups in total. The molecule has 8 nitrogen and oxygen atoms in total. The van der Waals surface area contributed by atoms with Crippen LogP contribution in [0.3, 0.4) is 0 Å². The number of hydrogen-bond acceptors (Lipinski definition) is 6. The van der Waals surface area contributed by atoms with Crippen molar-refractivity contribution in [3.05, 3.63) is 77.7 Å². The Labute approximate surface area is 196 Å². The fraction of sp³-hybridized carbons (Fsp3) is 0.240. The lowest BCUT2D eigenvalue weighted by atomic mass is 10.0. The summed E-state index contributed by atoms with van der Waals surface area (Å²) >= 11 is 0. The van der Waals surface area contributed by atoms with Crippen LogP contribution >= 0.6 is 0 Å². The Kier molecular flexibility index (Phi) is 7.03. The molecule has 0 spiro atoms. The minimum absolute atomic E-state index is 0.204. The van der Waals surface area contributed by atoms with Crippen LogP contribution in [0.2, 0.25) is 0 Å². The summed E-state index contributed by atoms with van der Waals surface area (Å²) in [4.78, 5) is 28.7. The lowest BCUT2D eigenvalue weighted by Gasteiger charge is -2.15. The third-order valence-corrected chi connectivity index (χ3v) is 5.55. The van der Waals surface area contributed by atoms with E-state index in [0.717, 1.165) is 16.7 Å². The van der Waals surface area contributed by atoms with Crippen LogP contribution in [0.15, 0.2) is 60.8 Å². The molecule has 1 aliphatic heterocycles. The molecular formula is C25H26FN5O3. The van der Waals surface area contributed by atoms with Crippen molar-refractivity contribution in [2.24, 2.45) is 0 Å². The molecule has 0 saturated carbocycles. The normalized spacial score (nSPS) is 15.3. The monoisotopic (exact) mass is 463 g/mol. The smallest absolute Gasteiger partial charge is 0.414 e. The van der Waals surface area contributed by atoms with Gasteiger partial charge in [-0.1, -0.05) is 30.3 Å². The number of benzene rings is 2. The molecule has 34 heavy (non-hydrogen) atoms. The van der Waals surface area contributed by atoms with E-state index in [-0.39, 0.29) is 19.0 Å². The Bertz CT molecular complexity index is 1190. The Hall–Kier alpha value is -3.98. The van der Waals surface area contributed by atoms with Crippen molar-refractivity contribution in [3.8, 4) is 11.1 Å². The quantitative estimate of drug-likeness (QED) is 0.473. The maximum atomic E-state index is 14.9. The van der Waals surface area contributed by atoms with Crippen LogP contribution in [0.5, 0.6) is 0 Å². The second-order valence-electron chi connectivity index (χ2n) is 8.07. The number of aromatic nitrogens is 1. The van der Waals surface area contributed by atoms with Crippen LogP contribution < -0.4 is 21.3 Å². The molecule has 2 heterocycles. The zero-order valence-electron chi connectivity index (χ0n) is 18.8. The average molecular weight is 464 g/mol. The first-order valence-corrected chi connectivity index (χ1v) is 10.9. The maximum absolute atomic E-state index is 14.9. The molecule has 0 radical (unpaired) electrons. The molecule has 1 aromatic heterocycles. The molecular weight excluding hydrogens is 437 g/mol. The first-order valence-electron chi connectivity index (χ1n) is 10.9. The number of carbonyl (C=O) groups is 2. The van der Waals surface area contributed by atoms with Crippen molar-refractivity contribution in [1.82, 2.24) is 15.6 Å². The van der Waals surface area contributed by atoms with Gasteiger partial charge < -0.3 is 21.1 Å². The molecule has 1 saturated heterocycles. The Balaban J connectivity index is 1.37. The molecule has 1 aliphatic rings. The highest BCUT2D eigenvalue weighted by Crippen LogP contribution is 2.29. The molecule has 0 bridgehead atoms. The van der Waals surface area contributed by atoms with Gasteiger partial charge >= 0.3 is 6.09 Å². The van der Waals surface area contributed by atoms with E-state index in [0.29, 0.717) is 30.2 Å². The summed E-state index contributed by atoms with van der Waals surface area (Å²) in [6.07, 6.45) is 0.618. The number of rotatable bonds is 8. The summed E-state index contributed by atoms with van der Waals surface area (Å²) in [6, 6.07) is 16.0. The van der Waals surface area contributed by atoms with Crippen molar-refractivity contribution < 1.29 is 18.7 Å². The molecule has 1 atom stereocenters. The van der Waals surface area contributed by atoms with Crippen LogP contribution in [0.4, 0.5) is 20.7 Å². The number of nitrogen functional groups attached to an aromatic ring is 1. The number of ether oxygens (including phenoxy) is 1. The summed E-state index contributed by atoms with van der Waals surface area (Å²) < 4.78 is 20.2. The van der Waals surface area contributed by atoms with Crippen LogP contribution in [0.25, 0.3) is 11.1 Å². The number of nitrogens with zero attached hydrogens (tertiary/aromatic N) is 2. The largest absolute Gasteiger partial charge is 0.442 e. The third kappa shape index (κ3) is 5.49. The van der Waals surface area contributed by atoms with Crippen LogP contribution in [0.1, 0.15) is 18.1 Å². The maximum Gasteiger partial charge on any atom is 0.414 e. The molecule has 1 fully saturated rings. The van der Waals surface area contributed by atoms with Gasteiger partial charge in [-0.15, -0.1) is 0 Å². The Morgan fingerprint density at radius 3 is 2.71 bits per heavy atom. The van der Waals surface area contributed by atoms with Gasteiger partial charge in [0.1, 0.15) is 17.7 Å². The molecule has 3 aromatic rings. The van der Waals surface area contributed by atoms with Gasteiger partial charge in [0.25, 0.3) is 0 Å². The van der Waals surface area contributed by atoms with Crippen molar-refractivity contribution in [1.29, 1.82) is 0 Å². The van der Waals surface area contributed by atoms with E-state index in [1.54, 1.807) is 18.3 Å². The number of nitrogens with one attached hydrogen (secondary N) is 2. The van der Waals surface area contributed by atoms with Crippen LogP contribution in [-0.4, -0.2) is 36.2 Å². The lowest BCUT2D eigenvalue weighted by molar-refractivity contribution is -0.119. The highest BCUT2D eigenvalue weighted by atomic mass is 19.1. The van der Waals surface area contributed by atoms with Gasteiger partial charge in [-0.3, -0.25) is 9.69 Å². The predicted octanol–water partition coefficient (Wildman–Crippen LogP) is 3.22. The average Bonchev–Trinajstić information content (AvgIpc) is 3.20. The number of halogens is 1. The topological polar surface area (TPSA) is 110 Å². The van der Waals surface area contributed by atoms with Gasteiger partial charge in [0.2, 0.25) is 5.91 Å². The molecule has 2 amide bonds. The SMILES string of the molecule is CC(=O)NC[C@H]1CN(c2ccc(-c3ccc(CNCc4cccnc4N)cc3)c(F)c2)C(=O)O1.